The van der Waals surface area contributed by atoms with E-state index in [-0.39, 0.29) is 21.8 Å². The quantitative estimate of drug-likeness (QED) is 0.859. The van der Waals surface area contributed by atoms with Gasteiger partial charge in [-0.1, -0.05) is 23.2 Å². The summed E-state index contributed by atoms with van der Waals surface area (Å²) in [7, 11) is 0. The van der Waals surface area contributed by atoms with Gasteiger partial charge < -0.3 is 9.73 Å². The van der Waals surface area contributed by atoms with Crippen molar-refractivity contribution in [2.75, 3.05) is 5.32 Å². The van der Waals surface area contributed by atoms with Gasteiger partial charge in [0.15, 0.2) is 16.9 Å². The summed E-state index contributed by atoms with van der Waals surface area (Å²) in [5, 5.41) is 2.61. The zero-order valence-corrected chi connectivity index (χ0v) is 11.0. The van der Waals surface area contributed by atoms with Gasteiger partial charge in [-0.2, -0.15) is 0 Å². The minimum atomic E-state index is -0.496. The first-order chi connectivity index (χ1) is 8.49. The molecular weight excluding hydrogens is 279 g/mol. The third-order valence-corrected chi connectivity index (χ3v) is 2.83. The van der Waals surface area contributed by atoms with Crippen molar-refractivity contribution in [2.24, 2.45) is 0 Å². The standard InChI is InChI=1S/C10H8Cl2N4O2/c1-4-7(18-5(2)15-4)10(17)16-9-6(11)8(12)13-3-14-9/h3H,1-2H3,(H,13,14,16,17). The van der Waals surface area contributed by atoms with E-state index in [1.54, 1.807) is 13.8 Å². The number of nitrogens with one attached hydrogen (secondary N) is 1. The number of aromatic nitrogens is 3. The molecule has 0 saturated carbocycles. The summed E-state index contributed by atoms with van der Waals surface area (Å²) < 4.78 is 5.18. The Morgan fingerprint density at radius 2 is 2.06 bits per heavy atom. The minimum Gasteiger partial charge on any atom is -0.436 e. The van der Waals surface area contributed by atoms with Crippen LogP contribution in [0.3, 0.4) is 0 Å². The molecule has 0 aromatic carbocycles. The van der Waals surface area contributed by atoms with E-state index in [9.17, 15) is 4.79 Å². The van der Waals surface area contributed by atoms with Crippen molar-refractivity contribution in [3.8, 4) is 0 Å². The molecular formula is C10H8Cl2N4O2. The zero-order chi connectivity index (χ0) is 13.3. The second-order valence-electron chi connectivity index (χ2n) is 3.43. The normalized spacial score (nSPS) is 10.4. The van der Waals surface area contributed by atoms with Crippen LogP contribution in [0, 0.1) is 13.8 Å². The number of oxazole rings is 1. The van der Waals surface area contributed by atoms with Crippen LogP contribution in [-0.4, -0.2) is 20.9 Å². The van der Waals surface area contributed by atoms with Crippen LogP contribution in [0.25, 0.3) is 0 Å². The van der Waals surface area contributed by atoms with E-state index in [0.29, 0.717) is 11.6 Å². The Kier molecular flexibility index (Phi) is 3.49. The van der Waals surface area contributed by atoms with Crippen LogP contribution in [0.5, 0.6) is 0 Å². The number of amides is 1. The summed E-state index contributed by atoms with van der Waals surface area (Å²) in [5.74, 6) is 0.141. The van der Waals surface area contributed by atoms with Crippen molar-refractivity contribution in [3.63, 3.8) is 0 Å². The molecule has 94 valence electrons. The van der Waals surface area contributed by atoms with Crippen molar-refractivity contribution in [1.82, 2.24) is 15.0 Å². The van der Waals surface area contributed by atoms with Crippen LogP contribution in [-0.2, 0) is 0 Å². The summed E-state index contributed by atoms with van der Waals surface area (Å²) in [6.07, 6.45) is 1.20. The van der Waals surface area contributed by atoms with Crippen molar-refractivity contribution in [1.29, 1.82) is 0 Å². The molecule has 1 N–H and O–H groups in total. The van der Waals surface area contributed by atoms with Crippen LogP contribution < -0.4 is 5.32 Å². The Balaban J connectivity index is 2.27. The summed E-state index contributed by atoms with van der Waals surface area (Å²) in [5.41, 5.74) is 0.487. The molecule has 0 aliphatic rings. The Morgan fingerprint density at radius 3 is 2.67 bits per heavy atom. The predicted molar refractivity (Wildman–Crippen MR) is 66.0 cm³/mol. The highest BCUT2D eigenvalue weighted by Crippen LogP contribution is 2.26. The van der Waals surface area contributed by atoms with Gasteiger partial charge in [-0.3, -0.25) is 4.79 Å². The number of aryl methyl sites for hydroxylation is 2. The highest BCUT2D eigenvalue weighted by atomic mass is 35.5. The van der Waals surface area contributed by atoms with E-state index < -0.39 is 5.91 Å². The minimum absolute atomic E-state index is 0.0624. The van der Waals surface area contributed by atoms with Gasteiger partial charge in [0.25, 0.3) is 5.91 Å². The summed E-state index contributed by atoms with van der Waals surface area (Å²) in [6, 6.07) is 0. The second kappa shape index (κ2) is 4.91. The lowest BCUT2D eigenvalue weighted by Crippen LogP contribution is -2.14. The van der Waals surface area contributed by atoms with Crippen molar-refractivity contribution in [3.05, 3.63) is 33.8 Å². The monoisotopic (exact) mass is 286 g/mol. The van der Waals surface area contributed by atoms with Crippen LogP contribution in [0.15, 0.2) is 10.7 Å². The first-order valence-electron chi connectivity index (χ1n) is 4.90. The molecule has 0 saturated heterocycles. The molecule has 8 heteroatoms. The van der Waals surface area contributed by atoms with Crippen molar-refractivity contribution >= 4 is 34.9 Å². The Morgan fingerprint density at radius 1 is 1.33 bits per heavy atom. The molecule has 0 fully saturated rings. The van der Waals surface area contributed by atoms with E-state index in [4.69, 9.17) is 27.6 Å². The molecule has 2 rings (SSSR count). The maximum Gasteiger partial charge on any atom is 0.294 e. The molecule has 0 unspecified atom stereocenters. The Hall–Kier alpha value is -1.66. The summed E-state index contributed by atoms with van der Waals surface area (Å²) >= 11 is 11.6. The third-order valence-electron chi connectivity index (χ3n) is 2.09. The fourth-order valence-electron chi connectivity index (χ4n) is 1.34. The number of hydrogen-bond acceptors (Lipinski definition) is 5. The number of nitrogens with zero attached hydrogens (tertiary/aromatic N) is 3. The molecule has 2 aromatic rings. The van der Waals surface area contributed by atoms with Gasteiger partial charge in [0.05, 0.1) is 5.69 Å². The molecule has 0 spiro atoms. The van der Waals surface area contributed by atoms with E-state index in [0.717, 1.165) is 0 Å². The van der Waals surface area contributed by atoms with Crippen LogP contribution in [0.2, 0.25) is 10.2 Å². The van der Waals surface area contributed by atoms with Gasteiger partial charge >= 0.3 is 0 Å². The average Bonchev–Trinajstić information content (AvgIpc) is 2.64. The van der Waals surface area contributed by atoms with Gasteiger partial charge in [-0.05, 0) is 6.92 Å². The number of rotatable bonds is 2. The van der Waals surface area contributed by atoms with E-state index in [1.165, 1.54) is 6.33 Å². The zero-order valence-electron chi connectivity index (χ0n) is 9.49. The molecule has 2 aromatic heterocycles. The largest absolute Gasteiger partial charge is 0.436 e. The van der Waals surface area contributed by atoms with Crippen molar-refractivity contribution in [2.45, 2.75) is 13.8 Å². The summed E-state index contributed by atoms with van der Waals surface area (Å²) in [6.45, 7) is 3.32. The van der Waals surface area contributed by atoms with Gasteiger partial charge in [-0.15, -0.1) is 0 Å². The molecule has 6 nitrogen and oxygen atoms in total. The van der Waals surface area contributed by atoms with Gasteiger partial charge in [0.1, 0.15) is 11.3 Å². The van der Waals surface area contributed by atoms with Gasteiger partial charge in [0, 0.05) is 6.92 Å². The third kappa shape index (κ3) is 2.44. The summed E-state index contributed by atoms with van der Waals surface area (Å²) in [4.78, 5) is 23.4. The maximum atomic E-state index is 11.9. The van der Waals surface area contributed by atoms with Gasteiger partial charge in [0.2, 0.25) is 5.76 Å². The van der Waals surface area contributed by atoms with Crippen LogP contribution in [0.4, 0.5) is 5.82 Å². The number of carbonyl (C=O) groups is 1. The van der Waals surface area contributed by atoms with Crippen molar-refractivity contribution < 1.29 is 9.21 Å². The highest BCUT2D eigenvalue weighted by molar-refractivity contribution is 6.43. The first kappa shape index (κ1) is 12.8. The van der Waals surface area contributed by atoms with Crippen LogP contribution >= 0.6 is 23.2 Å². The Bertz CT molecular complexity index is 612. The SMILES string of the molecule is Cc1nc(C)c(C(=O)Nc2ncnc(Cl)c2Cl)o1. The smallest absolute Gasteiger partial charge is 0.294 e. The van der Waals surface area contributed by atoms with E-state index in [1.807, 2.05) is 0 Å². The molecule has 0 atom stereocenters. The molecule has 18 heavy (non-hydrogen) atoms. The highest BCUT2D eigenvalue weighted by Gasteiger charge is 2.18. The van der Waals surface area contributed by atoms with E-state index in [2.05, 4.69) is 20.3 Å². The molecule has 0 aliphatic heterocycles. The van der Waals surface area contributed by atoms with Crippen LogP contribution in [0.1, 0.15) is 22.1 Å². The fourth-order valence-corrected chi connectivity index (χ4v) is 1.62. The number of carbonyl (C=O) groups excluding carboxylic acids is 1. The second-order valence-corrected chi connectivity index (χ2v) is 4.16. The molecule has 1 amide bonds. The lowest BCUT2D eigenvalue weighted by atomic mass is 10.3. The average molecular weight is 287 g/mol. The molecule has 2 heterocycles. The fraction of sp³-hybridized carbons (Fsp3) is 0.200. The number of halogens is 2. The number of hydrogen-bond donors (Lipinski definition) is 1. The Labute approximate surface area is 112 Å². The van der Waals surface area contributed by atoms with Gasteiger partial charge in [-0.25, -0.2) is 15.0 Å². The lowest BCUT2D eigenvalue weighted by Gasteiger charge is -2.04. The topological polar surface area (TPSA) is 80.9 Å². The first-order valence-corrected chi connectivity index (χ1v) is 5.66. The molecule has 0 radical (unpaired) electrons. The maximum absolute atomic E-state index is 11.9. The number of anilines is 1. The molecule has 0 bridgehead atoms. The lowest BCUT2D eigenvalue weighted by molar-refractivity contribution is 0.0994. The predicted octanol–water partition coefficient (Wildman–Crippen LogP) is 2.64. The molecule has 0 aliphatic carbocycles. The van der Waals surface area contributed by atoms with E-state index >= 15 is 0 Å².